The van der Waals surface area contributed by atoms with Crippen LogP contribution >= 0.6 is 0 Å². The summed E-state index contributed by atoms with van der Waals surface area (Å²) in [6.45, 7) is 8.64. The molecule has 0 saturated carbocycles. The van der Waals surface area contributed by atoms with Gasteiger partial charge < -0.3 is 4.74 Å². The van der Waals surface area contributed by atoms with Gasteiger partial charge in [-0.05, 0) is 37.1 Å². The van der Waals surface area contributed by atoms with E-state index >= 15 is 0 Å². The van der Waals surface area contributed by atoms with Gasteiger partial charge in [-0.15, -0.1) is 0 Å². The summed E-state index contributed by atoms with van der Waals surface area (Å²) in [4.78, 5) is 0. The van der Waals surface area contributed by atoms with Crippen molar-refractivity contribution in [3.8, 4) is 11.8 Å². The van der Waals surface area contributed by atoms with Gasteiger partial charge in [-0.3, -0.25) is 5.32 Å². The van der Waals surface area contributed by atoms with Gasteiger partial charge in [0.2, 0.25) is 0 Å². The highest BCUT2D eigenvalue weighted by Gasteiger charge is 2.22. The van der Waals surface area contributed by atoms with Crippen LogP contribution in [0.5, 0.6) is 5.75 Å². The van der Waals surface area contributed by atoms with E-state index in [-0.39, 0.29) is 5.41 Å². The highest BCUT2D eigenvalue weighted by molar-refractivity contribution is 5.32. The zero-order chi connectivity index (χ0) is 13.8. The Balaban J connectivity index is 2.79. The number of hydrogen-bond acceptors (Lipinski definition) is 3. The number of hydrogen-bond donors (Lipinski definition) is 1. The Bertz CT molecular complexity index is 443. The molecule has 1 rings (SSSR count). The fourth-order valence-electron chi connectivity index (χ4n) is 1.44. The molecule has 0 aliphatic heterocycles. The number of benzene rings is 1. The van der Waals surface area contributed by atoms with Crippen molar-refractivity contribution in [3.63, 3.8) is 0 Å². The first-order chi connectivity index (χ1) is 8.30. The van der Waals surface area contributed by atoms with E-state index in [0.29, 0.717) is 6.61 Å². The van der Waals surface area contributed by atoms with Crippen molar-refractivity contribution in [2.45, 2.75) is 38.6 Å². The molecule has 1 aromatic rings. The van der Waals surface area contributed by atoms with Gasteiger partial charge in [0, 0.05) is 0 Å². The Labute approximate surface area is 110 Å². The topological polar surface area (TPSA) is 45.0 Å². The Kier molecular flexibility index (Phi) is 4.37. The lowest BCUT2D eigenvalue weighted by molar-refractivity contribution is 0.242. The standard InChI is InChI=1S/C15H22N2O/c1-14(2,3)12-7-6-8-13(9-12)18-11-15(4,10-16)17-5/h6-9,17H,11H2,1-5H3. The Hall–Kier alpha value is -1.53. The van der Waals surface area contributed by atoms with E-state index in [4.69, 9.17) is 10.00 Å². The first kappa shape index (κ1) is 14.5. The van der Waals surface area contributed by atoms with Gasteiger partial charge in [0.25, 0.3) is 0 Å². The second-order valence-electron chi connectivity index (χ2n) is 5.76. The molecule has 0 radical (unpaired) electrons. The average molecular weight is 246 g/mol. The summed E-state index contributed by atoms with van der Waals surface area (Å²) >= 11 is 0. The molecule has 0 spiro atoms. The van der Waals surface area contributed by atoms with Crippen LogP contribution in [0.3, 0.4) is 0 Å². The molecule has 98 valence electrons. The van der Waals surface area contributed by atoms with E-state index in [2.05, 4.69) is 38.2 Å². The molecule has 3 heteroatoms. The summed E-state index contributed by atoms with van der Waals surface area (Å²) < 4.78 is 5.70. The number of nitrogens with one attached hydrogen (secondary N) is 1. The van der Waals surface area contributed by atoms with Crippen molar-refractivity contribution >= 4 is 0 Å². The molecule has 0 aromatic heterocycles. The third-order valence-corrected chi connectivity index (χ3v) is 3.03. The molecule has 0 saturated heterocycles. The third kappa shape index (κ3) is 3.75. The van der Waals surface area contributed by atoms with Gasteiger partial charge in [0.15, 0.2) is 0 Å². The van der Waals surface area contributed by atoms with Crippen molar-refractivity contribution < 1.29 is 4.74 Å². The van der Waals surface area contributed by atoms with Gasteiger partial charge in [0.05, 0.1) is 6.07 Å². The Morgan fingerprint density at radius 3 is 2.44 bits per heavy atom. The van der Waals surface area contributed by atoms with Gasteiger partial charge in [-0.25, -0.2) is 0 Å². The first-order valence-electron chi connectivity index (χ1n) is 6.14. The largest absolute Gasteiger partial charge is 0.491 e. The number of rotatable bonds is 4. The maximum Gasteiger partial charge on any atom is 0.137 e. The second kappa shape index (κ2) is 5.41. The average Bonchev–Trinajstić information content (AvgIpc) is 2.35. The third-order valence-electron chi connectivity index (χ3n) is 3.03. The van der Waals surface area contributed by atoms with Crippen molar-refractivity contribution in [1.29, 1.82) is 5.26 Å². The maximum absolute atomic E-state index is 9.05. The molecular weight excluding hydrogens is 224 g/mol. The van der Waals surface area contributed by atoms with E-state index in [1.807, 2.05) is 25.1 Å². The molecule has 0 amide bonds. The van der Waals surface area contributed by atoms with Crippen LogP contribution < -0.4 is 10.1 Å². The normalized spacial score (nSPS) is 14.7. The molecule has 0 bridgehead atoms. The van der Waals surface area contributed by atoms with Gasteiger partial charge >= 0.3 is 0 Å². The van der Waals surface area contributed by atoms with Crippen LogP contribution in [0.25, 0.3) is 0 Å². The number of likely N-dealkylation sites (N-methyl/N-ethyl adjacent to an activating group) is 1. The monoisotopic (exact) mass is 246 g/mol. The summed E-state index contributed by atoms with van der Waals surface area (Å²) in [5, 5.41) is 12.0. The zero-order valence-electron chi connectivity index (χ0n) is 11.9. The summed E-state index contributed by atoms with van der Waals surface area (Å²) in [6, 6.07) is 10.2. The molecule has 0 heterocycles. The molecular formula is C15H22N2O. The smallest absolute Gasteiger partial charge is 0.137 e. The van der Waals surface area contributed by atoms with Gasteiger partial charge in [0.1, 0.15) is 17.9 Å². The molecule has 1 unspecified atom stereocenters. The van der Waals surface area contributed by atoms with Crippen LogP contribution in [0, 0.1) is 11.3 Å². The van der Waals surface area contributed by atoms with Crippen LogP contribution in [-0.2, 0) is 5.41 Å². The minimum absolute atomic E-state index is 0.0981. The molecule has 1 aromatic carbocycles. The second-order valence-corrected chi connectivity index (χ2v) is 5.76. The predicted octanol–water partition coefficient (Wildman–Crippen LogP) is 2.86. The molecule has 1 atom stereocenters. The molecule has 0 aliphatic rings. The van der Waals surface area contributed by atoms with Crippen molar-refractivity contribution in [2.24, 2.45) is 0 Å². The van der Waals surface area contributed by atoms with Crippen molar-refractivity contribution in [1.82, 2.24) is 5.32 Å². The quantitative estimate of drug-likeness (QED) is 0.888. The lowest BCUT2D eigenvalue weighted by atomic mass is 9.87. The van der Waals surface area contributed by atoms with Crippen LogP contribution in [0.4, 0.5) is 0 Å². The van der Waals surface area contributed by atoms with Crippen LogP contribution in [-0.4, -0.2) is 19.2 Å². The van der Waals surface area contributed by atoms with E-state index in [1.165, 1.54) is 5.56 Å². The summed E-state index contributed by atoms with van der Waals surface area (Å²) in [6.07, 6.45) is 0. The molecule has 1 N–H and O–H groups in total. The van der Waals surface area contributed by atoms with Crippen LogP contribution in [0.2, 0.25) is 0 Å². The molecule has 0 aliphatic carbocycles. The summed E-state index contributed by atoms with van der Waals surface area (Å²) in [5.74, 6) is 0.805. The minimum atomic E-state index is -0.655. The number of nitrogens with zero attached hydrogens (tertiary/aromatic N) is 1. The van der Waals surface area contributed by atoms with Crippen molar-refractivity contribution in [3.05, 3.63) is 29.8 Å². The predicted molar refractivity (Wildman–Crippen MR) is 73.7 cm³/mol. The van der Waals surface area contributed by atoms with E-state index in [9.17, 15) is 0 Å². The van der Waals surface area contributed by atoms with E-state index in [1.54, 1.807) is 7.05 Å². The fraction of sp³-hybridized carbons (Fsp3) is 0.533. The minimum Gasteiger partial charge on any atom is -0.491 e. The Morgan fingerprint density at radius 2 is 1.94 bits per heavy atom. The lowest BCUT2D eigenvalue weighted by Crippen LogP contribution is -2.43. The molecule has 3 nitrogen and oxygen atoms in total. The van der Waals surface area contributed by atoms with Gasteiger partial charge in [-0.1, -0.05) is 32.9 Å². The molecule has 18 heavy (non-hydrogen) atoms. The summed E-state index contributed by atoms with van der Waals surface area (Å²) in [5.41, 5.74) is 0.668. The van der Waals surface area contributed by atoms with Crippen molar-refractivity contribution in [2.75, 3.05) is 13.7 Å². The van der Waals surface area contributed by atoms with E-state index < -0.39 is 5.54 Å². The highest BCUT2D eigenvalue weighted by Crippen LogP contribution is 2.25. The fourth-order valence-corrected chi connectivity index (χ4v) is 1.44. The van der Waals surface area contributed by atoms with Crippen LogP contribution in [0.1, 0.15) is 33.3 Å². The van der Waals surface area contributed by atoms with E-state index in [0.717, 1.165) is 5.75 Å². The number of nitriles is 1. The first-order valence-corrected chi connectivity index (χ1v) is 6.14. The number of ether oxygens (including phenoxy) is 1. The lowest BCUT2D eigenvalue weighted by Gasteiger charge is -2.23. The SMILES string of the molecule is CNC(C)(C#N)COc1cccc(C(C)(C)C)c1. The zero-order valence-corrected chi connectivity index (χ0v) is 11.9. The summed E-state index contributed by atoms with van der Waals surface area (Å²) in [7, 11) is 1.76. The maximum atomic E-state index is 9.05. The van der Waals surface area contributed by atoms with Crippen LogP contribution in [0.15, 0.2) is 24.3 Å². The highest BCUT2D eigenvalue weighted by atomic mass is 16.5. The van der Waals surface area contributed by atoms with Gasteiger partial charge in [-0.2, -0.15) is 5.26 Å². The Morgan fingerprint density at radius 1 is 1.28 bits per heavy atom. The molecule has 0 fully saturated rings.